The molecule has 3 aromatic rings. The number of esters is 1. The van der Waals surface area contributed by atoms with Crippen molar-refractivity contribution in [1.29, 1.82) is 0 Å². The van der Waals surface area contributed by atoms with Crippen LogP contribution < -0.4 is 0 Å². The van der Waals surface area contributed by atoms with E-state index in [9.17, 15) is 4.79 Å². The lowest BCUT2D eigenvalue weighted by Crippen LogP contribution is -1.98. The van der Waals surface area contributed by atoms with Crippen LogP contribution in [0.5, 0.6) is 0 Å². The highest BCUT2D eigenvalue weighted by Crippen LogP contribution is 2.39. The molecule has 0 fully saturated rings. The first-order valence-electron chi connectivity index (χ1n) is 6.05. The quantitative estimate of drug-likeness (QED) is 0.506. The topological polar surface area (TPSA) is 43.6 Å². The smallest absolute Gasteiger partial charge is 0.349 e. The average molecular weight is 305 g/mol. The van der Waals surface area contributed by atoms with Crippen LogP contribution in [0, 0.1) is 0 Å². The number of carbonyl (C=O) groups is 1. The number of aromatic nitrogens is 2. The third-order valence-electron chi connectivity index (χ3n) is 3.49. The largest absolute Gasteiger partial charge is 0.465 e. The van der Waals surface area contributed by atoms with Crippen molar-refractivity contribution in [2.75, 3.05) is 7.11 Å². The number of rotatable bonds is 1. The van der Waals surface area contributed by atoms with Gasteiger partial charge in [0.2, 0.25) is 0 Å². The van der Waals surface area contributed by atoms with Crippen LogP contribution in [-0.4, -0.2) is 22.5 Å². The van der Waals surface area contributed by atoms with Gasteiger partial charge in [-0.3, -0.25) is 4.40 Å². The first-order chi connectivity index (χ1) is 9.67. The summed E-state index contributed by atoms with van der Waals surface area (Å²) in [6.45, 7) is 0. The number of imidazole rings is 1. The highest BCUT2D eigenvalue weighted by molar-refractivity contribution is 7.18. The van der Waals surface area contributed by atoms with Crippen LogP contribution in [0.2, 0.25) is 5.02 Å². The number of carbonyl (C=O) groups excluding carboxylic acids is 1. The standard InChI is InChI=1S/C14H9ClN2O2S/c1-19-13(18)11-6-17-10-5-7-4-8(15)2-3-9(7)12(10)16-14(17)20-11/h2-4,6H,5H2,1H3. The van der Waals surface area contributed by atoms with Crippen LogP contribution in [0.1, 0.15) is 20.9 Å². The monoisotopic (exact) mass is 304 g/mol. The zero-order valence-corrected chi connectivity index (χ0v) is 12.1. The Morgan fingerprint density at radius 2 is 2.35 bits per heavy atom. The van der Waals surface area contributed by atoms with Gasteiger partial charge in [-0.25, -0.2) is 9.78 Å². The average Bonchev–Trinajstić information content (AvgIpc) is 3.06. The molecule has 1 aliphatic rings. The molecular weight excluding hydrogens is 296 g/mol. The summed E-state index contributed by atoms with van der Waals surface area (Å²) in [6, 6.07) is 5.85. The number of benzene rings is 1. The number of nitrogens with zero attached hydrogens (tertiary/aromatic N) is 2. The maximum Gasteiger partial charge on any atom is 0.349 e. The minimum absolute atomic E-state index is 0.326. The molecule has 4 nitrogen and oxygen atoms in total. The van der Waals surface area contributed by atoms with Crippen molar-refractivity contribution < 1.29 is 9.53 Å². The zero-order valence-electron chi connectivity index (χ0n) is 10.5. The van der Waals surface area contributed by atoms with E-state index in [4.69, 9.17) is 16.3 Å². The molecule has 2 heterocycles. The Bertz CT molecular complexity index is 866. The van der Waals surface area contributed by atoms with Gasteiger partial charge in [0, 0.05) is 23.2 Å². The minimum Gasteiger partial charge on any atom is -0.465 e. The SMILES string of the molecule is COC(=O)c1cn2c3c(nc2s1)-c1ccc(Cl)cc1C3. The van der Waals surface area contributed by atoms with Gasteiger partial charge in [-0.2, -0.15) is 0 Å². The van der Waals surface area contributed by atoms with E-state index in [0.29, 0.717) is 4.88 Å². The molecule has 0 aliphatic heterocycles. The number of halogens is 1. The molecule has 20 heavy (non-hydrogen) atoms. The highest BCUT2D eigenvalue weighted by Gasteiger charge is 2.26. The van der Waals surface area contributed by atoms with E-state index in [2.05, 4.69) is 4.98 Å². The Kier molecular flexibility index (Phi) is 2.43. The summed E-state index contributed by atoms with van der Waals surface area (Å²) in [5, 5.41) is 0.732. The van der Waals surface area contributed by atoms with Crippen molar-refractivity contribution in [3.63, 3.8) is 0 Å². The van der Waals surface area contributed by atoms with Crippen molar-refractivity contribution in [2.45, 2.75) is 6.42 Å². The van der Waals surface area contributed by atoms with Crippen molar-refractivity contribution in [1.82, 2.24) is 9.38 Å². The van der Waals surface area contributed by atoms with E-state index >= 15 is 0 Å². The molecule has 0 amide bonds. The molecule has 4 rings (SSSR count). The van der Waals surface area contributed by atoms with Crippen LogP contribution in [0.4, 0.5) is 0 Å². The lowest BCUT2D eigenvalue weighted by atomic mass is 10.1. The molecule has 1 aromatic carbocycles. The van der Waals surface area contributed by atoms with Crippen LogP contribution in [0.25, 0.3) is 16.2 Å². The van der Waals surface area contributed by atoms with Gasteiger partial charge in [0.25, 0.3) is 0 Å². The second kappa shape index (κ2) is 4.07. The Morgan fingerprint density at radius 3 is 3.15 bits per heavy atom. The molecule has 0 bridgehead atoms. The molecule has 6 heteroatoms. The van der Waals surface area contributed by atoms with E-state index in [1.807, 2.05) is 22.6 Å². The summed E-state index contributed by atoms with van der Waals surface area (Å²) in [5.74, 6) is -0.326. The van der Waals surface area contributed by atoms with Gasteiger partial charge in [-0.15, -0.1) is 0 Å². The first-order valence-corrected chi connectivity index (χ1v) is 7.24. The number of hydrogen-bond donors (Lipinski definition) is 0. The fraction of sp³-hybridized carbons (Fsp3) is 0.143. The van der Waals surface area contributed by atoms with Crippen molar-refractivity contribution in [2.24, 2.45) is 0 Å². The van der Waals surface area contributed by atoms with Crippen LogP contribution >= 0.6 is 22.9 Å². The van der Waals surface area contributed by atoms with Gasteiger partial charge in [-0.1, -0.05) is 29.0 Å². The maximum atomic E-state index is 11.6. The lowest BCUT2D eigenvalue weighted by molar-refractivity contribution is 0.0606. The Hall–Kier alpha value is -1.85. The van der Waals surface area contributed by atoms with E-state index < -0.39 is 0 Å². The van der Waals surface area contributed by atoms with E-state index in [-0.39, 0.29) is 5.97 Å². The van der Waals surface area contributed by atoms with Crippen molar-refractivity contribution in [3.8, 4) is 11.3 Å². The molecule has 100 valence electrons. The number of fused-ring (bicyclic) bond motifs is 5. The van der Waals surface area contributed by atoms with Crippen molar-refractivity contribution in [3.05, 3.63) is 45.6 Å². The molecule has 0 atom stereocenters. The maximum absolute atomic E-state index is 11.6. The second-order valence-corrected chi connectivity index (χ2v) is 6.07. The van der Waals surface area contributed by atoms with Gasteiger partial charge in [0.05, 0.1) is 18.5 Å². The number of ether oxygens (including phenoxy) is 1. The minimum atomic E-state index is -0.326. The van der Waals surface area contributed by atoms with E-state index in [0.717, 1.165) is 33.4 Å². The summed E-state index contributed by atoms with van der Waals surface area (Å²) < 4.78 is 6.72. The molecule has 0 spiro atoms. The fourth-order valence-corrected chi connectivity index (χ4v) is 3.70. The summed E-state index contributed by atoms with van der Waals surface area (Å²) in [6.07, 6.45) is 2.58. The highest BCUT2D eigenvalue weighted by atomic mass is 35.5. The Morgan fingerprint density at radius 1 is 1.50 bits per heavy atom. The van der Waals surface area contributed by atoms with Crippen LogP contribution in [-0.2, 0) is 11.2 Å². The normalized spacial score (nSPS) is 12.5. The predicted molar refractivity (Wildman–Crippen MR) is 77.7 cm³/mol. The number of methoxy groups -OCH3 is 1. The molecule has 0 saturated heterocycles. The molecule has 0 radical (unpaired) electrons. The van der Waals surface area contributed by atoms with Gasteiger partial charge in [0.1, 0.15) is 4.88 Å². The lowest BCUT2D eigenvalue weighted by Gasteiger charge is -1.98. The van der Waals surface area contributed by atoms with E-state index in [1.54, 1.807) is 6.20 Å². The third-order valence-corrected chi connectivity index (χ3v) is 4.69. The van der Waals surface area contributed by atoms with E-state index in [1.165, 1.54) is 24.0 Å². The summed E-state index contributed by atoms with van der Waals surface area (Å²) in [7, 11) is 1.38. The number of hydrogen-bond acceptors (Lipinski definition) is 4. The molecule has 2 aromatic heterocycles. The molecular formula is C14H9ClN2O2S. The Labute approximate surface area is 123 Å². The van der Waals surface area contributed by atoms with Crippen LogP contribution in [0.15, 0.2) is 24.4 Å². The first kappa shape index (κ1) is 11.9. The zero-order chi connectivity index (χ0) is 13.9. The van der Waals surface area contributed by atoms with Gasteiger partial charge in [-0.05, 0) is 17.7 Å². The fourth-order valence-electron chi connectivity index (χ4n) is 2.59. The van der Waals surface area contributed by atoms with Crippen molar-refractivity contribution >= 4 is 33.9 Å². The van der Waals surface area contributed by atoms with Crippen LogP contribution in [0.3, 0.4) is 0 Å². The molecule has 0 unspecified atom stereocenters. The van der Waals surface area contributed by atoms with Gasteiger partial charge >= 0.3 is 5.97 Å². The van der Waals surface area contributed by atoms with Gasteiger partial charge in [0.15, 0.2) is 4.96 Å². The summed E-state index contributed by atoms with van der Waals surface area (Å²) in [4.78, 5) is 17.6. The predicted octanol–water partition coefficient (Wildman–Crippen LogP) is 3.41. The number of thiazole rings is 1. The molecule has 0 N–H and O–H groups in total. The summed E-state index contributed by atoms with van der Waals surface area (Å²) >= 11 is 7.37. The second-order valence-electron chi connectivity index (χ2n) is 4.62. The Balaban J connectivity index is 1.89. The summed E-state index contributed by atoms with van der Waals surface area (Å²) in [5.41, 5.74) is 4.39. The molecule has 0 saturated carbocycles. The third kappa shape index (κ3) is 1.53. The van der Waals surface area contributed by atoms with Gasteiger partial charge < -0.3 is 4.74 Å². The molecule has 1 aliphatic carbocycles.